The summed E-state index contributed by atoms with van der Waals surface area (Å²) >= 11 is 0. The number of benzene rings is 2. The molecule has 4 heterocycles. The monoisotopic (exact) mass is 448 g/mol. The molecule has 0 unspecified atom stereocenters. The van der Waals surface area contributed by atoms with E-state index in [0.717, 1.165) is 11.3 Å². The van der Waals surface area contributed by atoms with E-state index in [4.69, 9.17) is 18.9 Å². The van der Waals surface area contributed by atoms with Crippen molar-refractivity contribution in [1.29, 1.82) is 0 Å². The molecule has 4 aliphatic heterocycles. The summed E-state index contributed by atoms with van der Waals surface area (Å²) in [5.41, 5.74) is 1.05. The lowest BCUT2D eigenvalue weighted by Crippen LogP contribution is -2.44. The molecule has 2 aromatic carbocycles. The number of hydrogen-bond donors (Lipinski definition) is 1. The van der Waals surface area contributed by atoms with Gasteiger partial charge in [0.2, 0.25) is 18.6 Å². The van der Waals surface area contributed by atoms with Crippen LogP contribution in [0.4, 0.5) is 5.69 Å². The van der Waals surface area contributed by atoms with Crippen molar-refractivity contribution in [2.75, 3.05) is 31.9 Å². The Morgan fingerprint density at radius 2 is 2.00 bits per heavy atom. The fourth-order valence-corrected chi connectivity index (χ4v) is 5.31. The van der Waals surface area contributed by atoms with Crippen molar-refractivity contribution in [3.05, 3.63) is 60.2 Å². The molecule has 8 heteroatoms. The van der Waals surface area contributed by atoms with Crippen LogP contribution >= 0.6 is 0 Å². The van der Waals surface area contributed by atoms with Crippen LogP contribution in [-0.2, 0) is 20.7 Å². The Kier molecular flexibility index (Phi) is 4.58. The summed E-state index contributed by atoms with van der Waals surface area (Å²) in [6, 6.07) is 13.2. The van der Waals surface area contributed by atoms with Gasteiger partial charge in [-0.25, -0.2) is 0 Å². The van der Waals surface area contributed by atoms with Crippen molar-refractivity contribution in [2.24, 2.45) is 11.8 Å². The van der Waals surface area contributed by atoms with Gasteiger partial charge < -0.3 is 29.2 Å². The molecule has 8 nitrogen and oxygen atoms in total. The van der Waals surface area contributed by atoms with Crippen molar-refractivity contribution in [3.8, 4) is 17.2 Å². The maximum absolute atomic E-state index is 13.5. The molecule has 170 valence electrons. The van der Waals surface area contributed by atoms with E-state index in [0.29, 0.717) is 36.7 Å². The average molecular weight is 448 g/mol. The van der Waals surface area contributed by atoms with Gasteiger partial charge in [-0.1, -0.05) is 24.3 Å². The third-order valence-corrected chi connectivity index (χ3v) is 6.94. The van der Waals surface area contributed by atoms with Crippen LogP contribution in [0, 0.1) is 11.8 Å². The minimum absolute atomic E-state index is 0.101. The summed E-state index contributed by atoms with van der Waals surface area (Å²) < 4.78 is 22.2. The van der Waals surface area contributed by atoms with Crippen LogP contribution in [0.5, 0.6) is 17.2 Å². The first kappa shape index (κ1) is 20.1. The predicted molar refractivity (Wildman–Crippen MR) is 118 cm³/mol. The molecule has 4 aliphatic rings. The molecular weight excluding hydrogens is 424 g/mol. The summed E-state index contributed by atoms with van der Waals surface area (Å²) in [7, 11) is 1.63. The highest BCUT2D eigenvalue weighted by atomic mass is 16.7. The lowest BCUT2D eigenvalue weighted by Gasteiger charge is -2.23. The zero-order valence-corrected chi connectivity index (χ0v) is 18.2. The van der Waals surface area contributed by atoms with Gasteiger partial charge in [0.05, 0.1) is 31.6 Å². The number of ether oxygens (including phenoxy) is 4. The van der Waals surface area contributed by atoms with Gasteiger partial charge in [-0.15, -0.1) is 0 Å². The van der Waals surface area contributed by atoms with E-state index < -0.39 is 17.4 Å². The quantitative estimate of drug-likeness (QED) is 0.681. The number of anilines is 1. The van der Waals surface area contributed by atoms with Crippen LogP contribution in [0.1, 0.15) is 5.56 Å². The molecule has 2 aromatic rings. The molecule has 6 rings (SSSR count). The normalized spacial score (nSPS) is 28.3. The highest BCUT2D eigenvalue weighted by molar-refractivity contribution is 6.03. The van der Waals surface area contributed by atoms with E-state index in [1.54, 1.807) is 24.1 Å². The number of nitrogens with one attached hydrogen (secondary N) is 1. The number of carbonyl (C=O) groups excluding carboxylic acids is 2. The third-order valence-electron chi connectivity index (χ3n) is 6.94. The highest BCUT2D eigenvalue weighted by Gasteiger charge is 2.67. The zero-order valence-electron chi connectivity index (χ0n) is 18.2. The van der Waals surface area contributed by atoms with Crippen molar-refractivity contribution < 1.29 is 28.5 Å². The smallest absolute Gasteiger partial charge is 0.234 e. The maximum atomic E-state index is 13.5. The molecule has 1 spiro atoms. The summed E-state index contributed by atoms with van der Waals surface area (Å²) in [5, 5.41) is 3.01. The van der Waals surface area contributed by atoms with Gasteiger partial charge in [0.25, 0.3) is 0 Å². The van der Waals surface area contributed by atoms with Gasteiger partial charge in [-0.3, -0.25) is 9.59 Å². The number of carbonyl (C=O) groups is 2. The van der Waals surface area contributed by atoms with E-state index in [9.17, 15) is 9.59 Å². The molecule has 0 aliphatic carbocycles. The van der Waals surface area contributed by atoms with E-state index in [1.165, 1.54) is 0 Å². The standard InChI is InChI=1S/C25H24N2O6/c1-30-17-5-2-15(3-6-17)9-11-26-23(28)21-19-8-10-25(33-19)13-27(24(29)22(21)25)16-4-7-18-20(12-16)32-14-31-18/h2-8,10,12,19,21-22H,9,11,13-14H2,1H3,(H,26,28)/t19-,21+,22-,25-/m1/s1. The lowest BCUT2D eigenvalue weighted by atomic mass is 9.77. The van der Waals surface area contributed by atoms with Gasteiger partial charge >= 0.3 is 0 Å². The fraction of sp³-hybridized carbons (Fsp3) is 0.360. The molecule has 0 saturated carbocycles. The summed E-state index contributed by atoms with van der Waals surface area (Å²) in [6.45, 7) is 1.03. The minimum Gasteiger partial charge on any atom is -0.497 e. The molecule has 2 fully saturated rings. The van der Waals surface area contributed by atoms with E-state index in [2.05, 4.69) is 5.32 Å². The van der Waals surface area contributed by atoms with Crippen LogP contribution < -0.4 is 24.4 Å². The number of hydrogen-bond acceptors (Lipinski definition) is 6. The first-order chi connectivity index (χ1) is 16.1. The number of methoxy groups -OCH3 is 1. The Labute approximate surface area is 191 Å². The van der Waals surface area contributed by atoms with Crippen LogP contribution in [0.15, 0.2) is 54.6 Å². The second-order valence-corrected chi connectivity index (χ2v) is 8.75. The highest BCUT2D eigenvalue weighted by Crippen LogP contribution is 2.53. The van der Waals surface area contributed by atoms with Crippen molar-refractivity contribution >= 4 is 17.5 Å². The average Bonchev–Trinajstić information content (AvgIpc) is 3.59. The van der Waals surface area contributed by atoms with Gasteiger partial charge in [0, 0.05) is 18.3 Å². The van der Waals surface area contributed by atoms with Crippen LogP contribution in [-0.4, -0.2) is 50.5 Å². The lowest BCUT2D eigenvalue weighted by molar-refractivity contribution is -0.131. The Morgan fingerprint density at radius 1 is 1.18 bits per heavy atom. The van der Waals surface area contributed by atoms with Gasteiger partial charge in [-0.2, -0.15) is 0 Å². The Morgan fingerprint density at radius 3 is 2.82 bits per heavy atom. The van der Waals surface area contributed by atoms with Gasteiger partial charge in [0.1, 0.15) is 11.4 Å². The number of fused-ring (bicyclic) bond motifs is 2. The minimum atomic E-state index is -0.768. The SMILES string of the molecule is COc1ccc(CCNC(=O)[C@H]2[C@H]3C=C[C@]4(CN(c5ccc6c(c5)OCO6)C(=O)[C@@H]24)O3)cc1. The predicted octanol–water partition coefficient (Wildman–Crippen LogP) is 2.07. The van der Waals surface area contributed by atoms with Gasteiger partial charge in [-0.05, 0) is 36.2 Å². The number of rotatable bonds is 6. The fourth-order valence-electron chi connectivity index (χ4n) is 5.31. The van der Waals surface area contributed by atoms with E-state index in [1.807, 2.05) is 42.5 Å². The van der Waals surface area contributed by atoms with E-state index >= 15 is 0 Å². The maximum Gasteiger partial charge on any atom is 0.234 e. The van der Waals surface area contributed by atoms with E-state index in [-0.39, 0.29) is 24.7 Å². The van der Waals surface area contributed by atoms with Crippen LogP contribution in [0.3, 0.4) is 0 Å². The first-order valence-corrected chi connectivity index (χ1v) is 11.1. The Hall–Kier alpha value is -3.52. The molecule has 0 aromatic heterocycles. The van der Waals surface area contributed by atoms with Crippen LogP contribution in [0.2, 0.25) is 0 Å². The van der Waals surface area contributed by atoms with Crippen LogP contribution in [0.25, 0.3) is 0 Å². The molecular formula is C25H24N2O6. The Balaban J connectivity index is 1.16. The van der Waals surface area contributed by atoms with Crippen molar-refractivity contribution in [3.63, 3.8) is 0 Å². The second-order valence-electron chi connectivity index (χ2n) is 8.75. The van der Waals surface area contributed by atoms with Crippen molar-refractivity contribution in [1.82, 2.24) is 5.32 Å². The second kappa shape index (κ2) is 7.52. The summed E-state index contributed by atoms with van der Waals surface area (Å²) in [5.74, 6) is 0.738. The summed E-state index contributed by atoms with van der Waals surface area (Å²) in [6.07, 6.45) is 4.19. The molecule has 33 heavy (non-hydrogen) atoms. The molecule has 4 atom stereocenters. The molecule has 2 saturated heterocycles. The zero-order chi connectivity index (χ0) is 22.6. The van der Waals surface area contributed by atoms with Gasteiger partial charge in [0.15, 0.2) is 11.5 Å². The first-order valence-electron chi connectivity index (χ1n) is 11.1. The Bertz CT molecular complexity index is 1150. The summed E-state index contributed by atoms with van der Waals surface area (Å²) in [4.78, 5) is 28.3. The molecule has 2 bridgehead atoms. The molecule has 0 radical (unpaired) electrons. The largest absolute Gasteiger partial charge is 0.497 e. The van der Waals surface area contributed by atoms with Crippen molar-refractivity contribution in [2.45, 2.75) is 18.1 Å². The molecule has 1 N–H and O–H groups in total. The third kappa shape index (κ3) is 3.16. The topological polar surface area (TPSA) is 86.3 Å². The molecule has 2 amide bonds. The number of amides is 2. The number of nitrogens with zero attached hydrogens (tertiary/aromatic N) is 1.